The van der Waals surface area contributed by atoms with Crippen molar-refractivity contribution in [3.05, 3.63) is 64.0 Å². The SMILES string of the molecule is O=c1[nH]c2ccccc2n1C1CCN(S(=O)(=O)c2ccc(Cl)cc2)CC1. The van der Waals surface area contributed by atoms with E-state index in [0.717, 1.165) is 11.0 Å². The van der Waals surface area contributed by atoms with Gasteiger partial charge in [-0.2, -0.15) is 4.31 Å². The molecule has 1 saturated heterocycles. The first-order valence-corrected chi connectivity index (χ1v) is 10.2. The van der Waals surface area contributed by atoms with E-state index >= 15 is 0 Å². The highest BCUT2D eigenvalue weighted by Crippen LogP contribution is 2.28. The fraction of sp³-hybridized carbons (Fsp3) is 0.278. The number of aromatic nitrogens is 2. The minimum Gasteiger partial charge on any atom is -0.306 e. The quantitative estimate of drug-likeness (QED) is 0.745. The Hall–Kier alpha value is -2.09. The molecule has 0 atom stereocenters. The molecule has 3 aromatic rings. The summed E-state index contributed by atoms with van der Waals surface area (Å²) in [5, 5.41) is 0.501. The van der Waals surface area contributed by atoms with Gasteiger partial charge in [-0.25, -0.2) is 13.2 Å². The van der Waals surface area contributed by atoms with Gasteiger partial charge < -0.3 is 4.98 Å². The summed E-state index contributed by atoms with van der Waals surface area (Å²) in [6.45, 7) is 0.753. The third-order valence-electron chi connectivity index (χ3n) is 4.86. The molecular weight excluding hydrogens is 374 g/mol. The number of imidazole rings is 1. The lowest BCUT2D eigenvalue weighted by Gasteiger charge is -2.31. The Balaban J connectivity index is 1.56. The number of hydrogen-bond donors (Lipinski definition) is 1. The highest BCUT2D eigenvalue weighted by molar-refractivity contribution is 7.89. The number of sulfonamides is 1. The van der Waals surface area contributed by atoms with Crippen molar-refractivity contribution in [1.29, 1.82) is 0 Å². The monoisotopic (exact) mass is 391 g/mol. The highest BCUT2D eigenvalue weighted by Gasteiger charge is 2.31. The van der Waals surface area contributed by atoms with Gasteiger partial charge >= 0.3 is 5.69 Å². The lowest BCUT2D eigenvalue weighted by molar-refractivity contribution is 0.274. The number of nitrogens with one attached hydrogen (secondary N) is 1. The van der Waals surface area contributed by atoms with Crippen LogP contribution in [0.1, 0.15) is 18.9 Å². The van der Waals surface area contributed by atoms with Gasteiger partial charge in [-0.1, -0.05) is 23.7 Å². The van der Waals surface area contributed by atoms with Crippen LogP contribution in [-0.4, -0.2) is 35.4 Å². The number of H-pyrrole nitrogens is 1. The Bertz CT molecular complexity index is 1090. The van der Waals surface area contributed by atoms with Gasteiger partial charge in [0.2, 0.25) is 10.0 Å². The Morgan fingerprint density at radius 3 is 2.35 bits per heavy atom. The van der Waals surface area contributed by atoms with Gasteiger partial charge in [-0.3, -0.25) is 4.57 Å². The maximum Gasteiger partial charge on any atom is 0.326 e. The molecule has 2 heterocycles. The fourth-order valence-corrected chi connectivity index (χ4v) is 5.13. The zero-order valence-electron chi connectivity index (χ0n) is 13.9. The second-order valence-corrected chi connectivity index (χ2v) is 8.78. The number of nitrogens with zero attached hydrogens (tertiary/aromatic N) is 2. The van der Waals surface area contributed by atoms with Crippen LogP contribution in [0, 0.1) is 0 Å². The summed E-state index contributed by atoms with van der Waals surface area (Å²) in [5.74, 6) is 0. The minimum absolute atomic E-state index is 0.0182. The van der Waals surface area contributed by atoms with Crippen molar-refractivity contribution in [2.45, 2.75) is 23.8 Å². The molecule has 1 fully saturated rings. The third-order valence-corrected chi connectivity index (χ3v) is 7.03. The van der Waals surface area contributed by atoms with E-state index in [0.29, 0.717) is 31.0 Å². The molecule has 0 saturated carbocycles. The number of piperidine rings is 1. The molecule has 2 aromatic carbocycles. The zero-order valence-corrected chi connectivity index (χ0v) is 15.5. The average molecular weight is 392 g/mol. The van der Waals surface area contributed by atoms with Crippen LogP contribution in [-0.2, 0) is 10.0 Å². The van der Waals surface area contributed by atoms with Crippen LogP contribution in [0.3, 0.4) is 0 Å². The normalized spacial score (nSPS) is 17.0. The van der Waals surface area contributed by atoms with E-state index in [9.17, 15) is 13.2 Å². The third kappa shape index (κ3) is 2.96. The number of aromatic amines is 1. The molecule has 0 spiro atoms. The van der Waals surface area contributed by atoms with Crippen LogP contribution in [0.2, 0.25) is 5.02 Å². The Morgan fingerprint density at radius 2 is 1.65 bits per heavy atom. The summed E-state index contributed by atoms with van der Waals surface area (Å²) in [7, 11) is -3.54. The average Bonchev–Trinajstić information content (AvgIpc) is 2.98. The molecule has 0 bridgehead atoms. The molecule has 1 aliphatic heterocycles. The van der Waals surface area contributed by atoms with Crippen molar-refractivity contribution in [3.8, 4) is 0 Å². The molecule has 1 N–H and O–H groups in total. The van der Waals surface area contributed by atoms with Gasteiger partial charge in [-0.15, -0.1) is 0 Å². The van der Waals surface area contributed by atoms with Gasteiger partial charge in [0.1, 0.15) is 0 Å². The topological polar surface area (TPSA) is 75.2 Å². The summed E-state index contributed by atoms with van der Waals surface area (Å²) in [5.41, 5.74) is 1.51. The molecule has 6 nitrogen and oxygen atoms in total. The number of rotatable bonds is 3. The molecule has 26 heavy (non-hydrogen) atoms. The van der Waals surface area contributed by atoms with E-state index in [2.05, 4.69) is 4.98 Å². The highest BCUT2D eigenvalue weighted by atomic mass is 35.5. The van der Waals surface area contributed by atoms with Crippen molar-refractivity contribution in [2.75, 3.05) is 13.1 Å². The minimum atomic E-state index is -3.54. The zero-order chi connectivity index (χ0) is 18.3. The molecule has 8 heteroatoms. The number of benzene rings is 2. The number of halogens is 1. The molecule has 1 aliphatic rings. The van der Waals surface area contributed by atoms with Crippen molar-refractivity contribution in [1.82, 2.24) is 13.9 Å². The molecule has 136 valence electrons. The van der Waals surface area contributed by atoms with Crippen LogP contribution in [0.5, 0.6) is 0 Å². The summed E-state index contributed by atoms with van der Waals surface area (Å²) >= 11 is 5.84. The molecule has 0 amide bonds. The van der Waals surface area contributed by atoms with Crippen molar-refractivity contribution >= 4 is 32.7 Å². The summed E-state index contributed by atoms with van der Waals surface area (Å²) in [4.78, 5) is 15.4. The van der Waals surface area contributed by atoms with Gasteiger partial charge in [-0.05, 0) is 49.2 Å². The molecule has 4 rings (SSSR count). The van der Waals surface area contributed by atoms with Crippen molar-refractivity contribution in [3.63, 3.8) is 0 Å². The predicted octanol–water partition coefficient (Wildman–Crippen LogP) is 3.01. The fourth-order valence-electron chi connectivity index (χ4n) is 3.53. The second-order valence-electron chi connectivity index (χ2n) is 6.41. The predicted molar refractivity (Wildman–Crippen MR) is 101 cm³/mol. The lowest BCUT2D eigenvalue weighted by atomic mass is 10.1. The second kappa shape index (κ2) is 6.57. The van der Waals surface area contributed by atoms with E-state index in [-0.39, 0.29) is 16.6 Å². The van der Waals surface area contributed by atoms with Gasteiger partial charge in [0.15, 0.2) is 0 Å². The van der Waals surface area contributed by atoms with Crippen LogP contribution in [0.25, 0.3) is 11.0 Å². The number of fused-ring (bicyclic) bond motifs is 1. The molecule has 0 unspecified atom stereocenters. The summed E-state index contributed by atoms with van der Waals surface area (Å²) < 4.78 is 28.8. The molecular formula is C18H18ClN3O3S. The van der Waals surface area contributed by atoms with Crippen LogP contribution in [0.15, 0.2) is 58.2 Å². The first kappa shape index (κ1) is 17.3. The Kier molecular flexibility index (Phi) is 4.38. The first-order valence-electron chi connectivity index (χ1n) is 8.42. The van der Waals surface area contributed by atoms with Gasteiger partial charge in [0.05, 0.1) is 15.9 Å². The smallest absolute Gasteiger partial charge is 0.306 e. The van der Waals surface area contributed by atoms with E-state index < -0.39 is 10.0 Å². The first-order chi connectivity index (χ1) is 12.5. The number of hydrogen-bond acceptors (Lipinski definition) is 3. The molecule has 0 aliphatic carbocycles. The van der Waals surface area contributed by atoms with Gasteiger partial charge in [0.25, 0.3) is 0 Å². The molecule has 0 radical (unpaired) electrons. The van der Waals surface area contributed by atoms with E-state index in [4.69, 9.17) is 11.6 Å². The van der Waals surface area contributed by atoms with Crippen LogP contribution in [0.4, 0.5) is 0 Å². The standard InChI is InChI=1S/C18H18ClN3O3S/c19-13-5-7-15(8-6-13)26(24,25)21-11-9-14(10-12-21)22-17-4-2-1-3-16(17)20-18(22)23/h1-8,14H,9-12H2,(H,20,23). The van der Waals surface area contributed by atoms with E-state index in [1.807, 2.05) is 24.3 Å². The molecule has 1 aromatic heterocycles. The van der Waals surface area contributed by atoms with Crippen LogP contribution >= 0.6 is 11.6 Å². The maximum absolute atomic E-state index is 12.8. The summed E-state index contributed by atoms with van der Waals surface area (Å²) in [6, 6.07) is 13.7. The Labute approximate surface area is 156 Å². The maximum atomic E-state index is 12.8. The van der Waals surface area contributed by atoms with Crippen molar-refractivity contribution < 1.29 is 8.42 Å². The van der Waals surface area contributed by atoms with E-state index in [1.54, 1.807) is 16.7 Å². The van der Waals surface area contributed by atoms with Gasteiger partial charge in [0, 0.05) is 24.2 Å². The van der Waals surface area contributed by atoms with Crippen molar-refractivity contribution in [2.24, 2.45) is 0 Å². The summed E-state index contributed by atoms with van der Waals surface area (Å²) in [6.07, 6.45) is 1.18. The van der Waals surface area contributed by atoms with Crippen LogP contribution < -0.4 is 5.69 Å². The Morgan fingerprint density at radius 1 is 1.00 bits per heavy atom. The lowest BCUT2D eigenvalue weighted by Crippen LogP contribution is -2.40. The van der Waals surface area contributed by atoms with E-state index in [1.165, 1.54) is 16.4 Å². The largest absolute Gasteiger partial charge is 0.326 e. The number of para-hydroxylation sites is 2.